The van der Waals surface area contributed by atoms with Gasteiger partial charge in [-0.3, -0.25) is 9.59 Å². The van der Waals surface area contributed by atoms with Crippen LogP contribution in [0.5, 0.6) is 5.75 Å². The number of rotatable bonds is 7. The molecule has 0 aromatic heterocycles. The Morgan fingerprint density at radius 1 is 1.12 bits per heavy atom. The summed E-state index contributed by atoms with van der Waals surface area (Å²) < 4.78 is 5.70. The molecule has 138 valence electrons. The topological polar surface area (TPSA) is 58.6 Å². The molecule has 0 heterocycles. The zero-order valence-corrected chi connectivity index (χ0v) is 15.9. The Morgan fingerprint density at radius 2 is 1.77 bits per heavy atom. The predicted octanol–water partition coefficient (Wildman–Crippen LogP) is 4.51. The number of benzene rings is 2. The van der Waals surface area contributed by atoms with Gasteiger partial charge in [-0.1, -0.05) is 35.9 Å². The summed E-state index contributed by atoms with van der Waals surface area (Å²) in [5.74, 6) is 0.239. The van der Waals surface area contributed by atoms with Gasteiger partial charge in [0.05, 0.1) is 22.5 Å². The number of amides is 2. The molecule has 2 rings (SSSR count). The van der Waals surface area contributed by atoms with Crippen molar-refractivity contribution < 1.29 is 14.3 Å². The quantitative estimate of drug-likeness (QED) is 0.775. The van der Waals surface area contributed by atoms with E-state index >= 15 is 0 Å². The second kappa shape index (κ2) is 9.25. The fourth-order valence-corrected chi connectivity index (χ4v) is 2.71. The monoisotopic (exact) mass is 374 g/mol. The van der Waals surface area contributed by atoms with Crippen molar-refractivity contribution in [3.8, 4) is 5.75 Å². The number of anilines is 2. The second-order valence-corrected chi connectivity index (χ2v) is 6.49. The lowest BCUT2D eigenvalue weighted by Crippen LogP contribution is -2.32. The summed E-state index contributed by atoms with van der Waals surface area (Å²) in [5.41, 5.74) is 1.20. The van der Waals surface area contributed by atoms with Crippen LogP contribution in [0.15, 0.2) is 48.5 Å². The first kappa shape index (κ1) is 19.8. The van der Waals surface area contributed by atoms with Gasteiger partial charge in [0.15, 0.2) is 0 Å². The summed E-state index contributed by atoms with van der Waals surface area (Å²) >= 11 is 6.17. The normalized spacial score (nSPS) is 10.5. The number of carbonyl (C=O) groups excluding carboxylic acids is 2. The molecule has 0 saturated heterocycles. The summed E-state index contributed by atoms with van der Waals surface area (Å²) in [6.07, 6.45) is 0.141. The van der Waals surface area contributed by atoms with Crippen LogP contribution in [-0.4, -0.2) is 24.5 Å². The molecule has 0 saturated carbocycles. The molecule has 0 aliphatic carbocycles. The first-order valence-corrected chi connectivity index (χ1v) is 8.84. The Kier molecular flexibility index (Phi) is 7.04. The standard InChI is InChI=1S/C20H23ClN2O3/c1-14(2)26-19-11-7-5-9-17(19)22-20(25)12-13-23(15(3)24)18-10-6-4-8-16(18)21/h4-11,14H,12-13H2,1-3H3,(H,22,25). The first-order chi connectivity index (χ1) is 12.4. The zero-order chi connectivity index (χ0) is 19.1. The first-order valence-electron chi connectivity index (χ1n) is 8.46. The van der Waals surface area contributed by atoms with E-state index in [2.05, 4.69) is 5.32 Å². The Morgan fingerprint density at radius 3 is 2.42 bits per heavy atom. The van der Waals surface area contributed by atoms with Crippen LogP contribution in [0.4, 0.5) is 11.4 Å². The number of para-hydroxylation sites is 3. The molecule has 1 N–H and O–H groups in total. The number of halogens is 1. The van der Waals surface area contributed by atoms with Crippen molar-refractivity contribution in [3.63, 3.8) is 0 Å². The predicted molar refractivity (Wildman–Crippen MR) is 105 cm³/mol. The Labute approximate surface area is 158 Å². The molecule has 0 aliphatic rings. The Bertz CT molecular complexity index is 777. The minimum Gasteiger partial charge on any atom is -0.489 e. The molecule has 0 radical (unpaired) electrons. The highest BCUT2D eigenvalue weighted by atomic mass is 35.5. The van der Waals surface area contributed by atoms with Crippen LogP contribution in [0.25, 0.3) is 0 Å². The lowest BCUT2D eigenvalue weighted by Gasteiger charge is -2.22. The molecule has 0 aliphatic heterocycles. The van der Waals surface area contributed by atoms with Crippen LogP contribution in [0, 0.1) is 0 Å². The third-order valence-corrected chi connectivity index (χ3v) is 3.93. The molecule has 6 heteroatoms. The van der Waals surface area contributed by atoms with Gasteiger partial charge in [-0.05, 0) is 38.1 Å². The number of nitrogens with one attached hydrogen (secondary N) is 1. The zero-order valence-electron chi connectivity index (χ0n) is 15.2. The van der Waals surface area contributed by atoms with Crippen molar-refractivity contribution in [2.24, 2.45) is 0 Å². The van der Waals surface area contributed by atoms with E-state index in [9.17, 15) is 9.59 Å². The van der Waals surface area contributed by atoms with Crippen molar-refractivity contribution >= 4 is 34.8 Å². The van der Waals surface area contributed by atoms with Crippen molar-refractivity contribution in [1.29, 1.82) is 0 Å². The van der Waals surface area contributed by atoms with Gasteiger partial charge in [0.1, 0.15) is 5.75 Å². The number of hydrogen-bond acceptors (Lipinski definition) is 3. The minimum absolute atomic E-state index is 0.00137. The molecule has 2 aromatic carbocycles. The van der Waals surface area contributed by atoms with Crippen LogP contribution < -0.4 is 15.0 Å². The smallest absolute Gasteiger partial charge is 0.226 e. The SMILES string of the molecule is CC(=O)N(CCC(=O)Nc1ccccc1OC(C)C)c1ccccc1Cl. The number of carbonyl (C=O) groups is 2. The highest BCUT2D eigenvalue weighted by Crippen LogP contribution is 2.27. The average Bonchev–Trinajstić information content (AvgIpc) is 2.57. The van der Waals surface area contributed by atoms with Gasteiger partial charge in [-0.25, -0.2) is 0 Å². The van der Waals surface area contributed by atoms with E-state index in [0.29, 0.717) is 22.1 Å². The fraction of sp³-hybridized carbons (Fsp3) is 0.300. The molecule has 0 unspecified atom stereocenters. The number of ether oxygens (including phenoxy) is 1. The third-order valence-electron chi connectivity index (χ3n) is 3.61. The van der Waals surface area contributed by atoms with Gasteiger partial charge < -0.3 is 15.0 Å². The molecule has 2 amide bonds. The van der Waals surface area contributed by atoms with Gasteiger partial charge in [0.2, 0.25) is 11.8 Å². The summed E-state index contributed by atoms with van der Waals surface area (Å²) in [5, 5.41) is 3.31. The summed E-state index contributed by atoms with van der Waals surface area (Å²) in [6.45, 7) is 5.53. The van der Waals surface area contributed by atoms with E-state index in [1.54, 1.807) is 36.4 Å². The molecule has 0 spiro atoms. The summed E-state index contributed by atoms with van der Waals surface area (Å²) in [7, 11) is 0. The van der Waals surface area contributed by atoms with E-state index in [-0.39, 0.29) is 30.9 Å². The van der Waals surface area contributed by atoms with E-state index < -0.39 is 0 Å². The molecule has 0 atom stereocenters. The largest absolute Gasteiger partial charge is 0.489 e. The maximum atomic E-state index is 12.4. The Balaban J connectivity index is 2.04. The van der Waals surface area contributed by atoms with Gasteiger partial charge in [0, 0.05) is 19.9 Å². The lowest BCUT2D eigenvalue weighted by molar-refractivity contribution is -0.117. The maximum absolute atomic E-state index is 12.4. The van der Waals surface area contributed by atoms with Gasteiger partial charge >= 0.3 is 0 Å². The summed E-state index contributed by atoms with van der Waals surface area (Å²) in [4.78, 5) is 25.8. The highest BCUT2D eigenvalue weighted by Gasteiger charge is 2.16. The molecule has 0 fully saturated rings. The van der Waals surface area contributed by atoms with Crippen molar-refractivity contribution in [2.45, 2.75) is 33.3 Å². The average molecular weight is 375 g/mol. The number of nitrogens with zero attached hydrogens (tertiary/aromatic N) is 1. The van der Waals surface area contributed by atoms with Crippen LogP contribution in [0.1, 0.15) is 27.2 Å². The summed E-state index contributed by atoms with van der Waals surface area (Å²) in [6, 6.07) is 14.3. The van der Waals surface area contributed by atoms with Crippen LogP contribution in [0.3, 0.4) is 0 Å². The van der Waals surface area contributed by atoms with Gasteiger partial charge in [0.25, 0.3) is 0 Å². The molecule has 0 bridgehead atoms. The van der Waals surface area contributed by atoms with Crippen molar-refractivity contribution in [2.75, 3.05) is 16.8 Å². The van der Waals surface area contributed by atoms with Gasteiger partial charge in [-0.2, -0.15) is 0 Å². The van der Waals surface area contributed by atoms with Crippen LogP contribution in [-0.2, 0) is 9.59 Å². The molecule has 2 aromatic rings. The maximum Gasteiger partial charge on any atom is 0.226 e. The number of hydrogen-bond donors (Lipinski definition) is 1. The molecular formula is C20H23ClN2O3. The fourth-order valence-electron chi connectivity index (χ4n) is 2.47. The molecule has 5 nitrogen and oxygen atoms in total. The van der Waals surface area contributed by atoms with E-state index in [0.717, 1.165) is 0 Å². The minimum atomic E-state index is -0.205. The van der Waals surface area contributed by atoms with E-state index in [1.165, 1.54) is 11.8 Å². The molecule has 26 heavy (non-hydrogen) atoms. The van der Waals surface area contributed by atoms with Crippen LogP contribution >= 0.6 is 11.6 Å². The van der Waals surface area contributed by atoms with Crippen molar-refractivity contribution in [1.82, 2.24) is 0 Å². The van der Waals surface area contributed by atoms with Gasteiger partial charge in [-0.15, -0.1) is 0 Å². The molecular weight excluding hydrogens is 352 g/mol. The Hall–Kier alpha value is -2.53. The van der Waals surface area contributed by atoms with Crippen LogP contribution in [0.2, 0.25) is 5.02 Å². The van der Waals surface area contributed by atoms with E-state index in [4.69, 9.17) is 16.3 Å². The van der Waals surface area contributed by atoms with E-state index in [1.807, 2.05) is 26.0 Å². The lowest BCUT2D eigenvalue weighted by atomic mass is 10.2. The second-order valence-electron chi connectivity index (χ2n) is 6.08. The van der Waals surface area contributed by atoms with Crippen molar-refractivity contribution in [3.05, 3.63) is 53.6 Å². The highest BCUT2D eigenvalue weighted by molar-refractivity contribution is 6.33. The third kappa shape index (κ3) is 5.49.